The molecular weight excluding hydrogens is 257 g/mol. The van der Waals surface area contributed by atoms with Crippen molar-refractivity contribution in [1.82, 2.24) is 5.32 Å². The van der Waals surface area contributed by atoms with Gasteiger partial charge in [-0.3, -0.25) is 0 Å². The first kappa shape index (κ1) is 14.4. The Balaban J connectivity index is 2.28. The van der Waals surface area contributed by atoms with Gasteiger partial charge in [-0.2, -0.15) is 0 Å². The maximum atomic E-state index is 5.77. The number of nitrogens with one attached hydrogen (secondary N) is 1. The number of benzene rings is 1. The Morgan fingerprint density at radius 1 is 1.41 bits per heavy atom. The number of rotatable bonds is 6. The van der Waals surface area contributed by atoms with Crippen molar-refractivity contribution in [3.63, 3.8) is 0 Å². The molecule has 1 atom stereocenters. The summed E-state index contributed by atoms with van der Waals surface area (Å²) in [5, 5.41) is 3.80. The summed E-state index contributed by atoms with van der Waals surface area (Å²) in [7, 11) is 0. The van der Waals surface area contributed by atoms with E-state index in [1.807, 2.05) is 31.2 Å². The normalized spacial score (nSPS) is 13.5. The number of ether oxygens (including phenoxy) is 1. The van der Waals surface area contributed by atoms with Crippen molar-refractivity contribution in [3.8, 4) is 5.75 Å². The van der Waals surface area contributed by atoms with Crippen molar-refractivity contribution in [2.75, 3.05) is 13.2 Å². The molecular formula is C13H17Cl2NO. The van der Waals surface area contributed by atoms with Crippen molar-refractivity contribution in [1.29, 1.82) is 0 Å². The predicted octanol–water partition coefficient (Wildman–Crippen LogP) is 3.67. The molecule has 1 aromatic rings. The second kappa shape index (κ2) is 7.59. The largest absolute Gasteiger partial charge is 0.492 e. The van der Waals surface area contributed by atoms with Gasteiger partial charge >= 0.3 is 0 Å². The highest BCUT2D eigenvalue weighted by molar-refractivity contribution is 6.36. The minimum absolute atomic E-state index is 0.210. The molecule has 94 valence electrons. The summed E-state index contributed by atoms with van der Waals surface area (Å²) in [6.07, 6.45) is 0. The number of hydrogen-bond donors (Lipinski definition) is 1. The second-order valence-electron chi connectivity index (χ2n) is 3.96. The smallest absolute Gasteiger partial charge is 0.119 e. The molecule has 1 rings (SSSR count). The van der Waals surface area contributed by atoms with Crippen molar-refractivity contribution in [2.45, 2.75) is 19.9 Å². The Labute approximate surface area is 113 Å². The van der Waals surface area contributed by atoms with Gasteiger partial charge in [-0.05, 0) is 26.0 Å². The lowest BCUT2D eigenvalue weighted by molar-refractivity contribution is 0.276. The molecule has 0 heterocycles. The Kier molecular flexibility index (Phi) is 6.41. The van der Waals surface area contributed by atoms with Crippen molar-refractivity contribution >= 4 is 23.2 Å². The van der Waals surface area contributed by atoms with Crippen LogP contribution in [0.4, 0.5) is 0 Å². The van der Waals surface area contributed by atoms with Crippen LogP contribution in [0.2, 0.25) is 0 Å². The molecule has 0 bridgehead atoms. The second-order valence-corrected chi connectivity index (χ2v) is 4.67. The van der Waals surface area contributed by atoms with Gasteiger partial charge in [0.2, 0.25) is 0 Å². The first-order chi connectivity index (χ1) is 8.11. The third kappa shape index (κ3) is 5.97. The van der Waals surface area contributed by atoms with Gasteiger partial charge in [-0.1, -0.05) is 40.9 Å². The van der Waals surface area contributed by atoms with E-state index in [4.69, 9.17) is 27.9 Å². The lowest BCUT2D eigenvalue weighted by Crippen LogP contribution is -2.32. The maximum Gasteiger partial charge on any atom is 0.119 e. The quantitative estimate of drug-likeness (QED) is 0.854. The molecule has 17 heavy (non-hydrogen) atoms. The Morgan fingerprint density at radius 2 is 2.06 bits per heavy atom. The summed E-state index contributed by atoms with van der Waals surface area (Å²) in [5.41, 5.74) is 2.59. The van der Waals surface area contributed by atoms with E-state index in [1.165, 1.54) is 11.1 Å². The minimum Gasteiger partial charge on any atom is -0.492 e. The maximum absolute atomic E-state index is 5.77. The van der Waals surface area contributed by atoms with Crippen LogP contribution in [0.15, 0.2) is 34.8 Å². The first-order valence-electron chi connectivity index (χ1n) is 5.49. The third-order valence-corrected chi connectivity index (χ3v) is 2.88. The fourth-order valence-electron chi connectivity index (χ4n) is 1.22. The van der Waals surface area contributed by atoms with E-state index in [2.05, 4.69) is 12.2 Å². The molecule has 0 spiro atoms. The summed E-state index contributed by atoms with van der Waals surface area (Å²) in [6, 6.07) is 8.20. The zero-order valence-electron chi connectivity index (χ0n) is 10.0. The lowest BCUT2D eigenvalue weighted by Gasteiger charge is -2.14. The van der Waals surface area contributed by atoms with E-state index in [0.29, 0.717) is 18.2 Å². The molecule has 0 aliphatic carbocycles. The van der Waals surface area contributed by atoms with E-state index in [1.54, 1.807) is 0 Å². The van der Waals surface area contributed by atoms with Crippen LogP contribution >= 0.6 is 23.2 Å². The zero-order valence-corrected chi connectivity index (χ0v) is 11.6. The minimum atomic E-state index is 0.210. The topological polar surface area (TPSA) is 21.3 Å². The summed E-state index contributed by atoms with van der Waals surface area (Å²) >= 11 is 11.2. The molecule has 2 nitrogen and oxygen atoms in total. The Hall–Kier alpha value is -0.700. The molecule has 0 amide bonds. The number of aryl methyl sites for hydroxylation is 1. The highest BCUT2D eigenvalue weighted by Gasteiger charge is 2.03. The van der Waals surface area contributed by atoms with Gasteiger partial charge in [-0.25, -0.2) is 0 Å². The van der Waals surface area contributed by atoms with Crippen molar-refractivity contribution in [2.24, 2.45) is 0 Å². The monoisotopic (exact) mass is 273 g/mol. The van der Waals surface area contributed by atoms with Crippen molar-refractivity contribution < 1.29 is 4.74 Å². The molecule has 0 saturated heterocycles. The summed E-state index contributed by atoms with van der Waals surface area (Å²) in [6.45, 7) is 5.24. The highest BCUT2D eigenvalue weighted by Crippen LogP contribution is 2.11. The molecule has 0 fully saturated rings. The fourth-order valence-corrected chi connectivity index (χ4v) is 1.38. The molecule has 0 aliphatic heterocycles. The standard InChI is InChI=1S/C13H17Cl2NO/c1-10-3-5-13(6-4-10)17-9-11(2)16-8-12(15)7-14/h3-7,11,16H,8-9H2,1-2H3. The predicted molar refractivity (Wildman–Crippen MR) is 73.9 cm³/mol. The Bertz CT molecular complexity index is 362. The van der Waals surface area contributed by atoms with Crippen LogP contribution in [0.25, 0.3) is 0 Å². The van der Waals surface area contributed by atoms with Gasteiger partial charge in [0.15, 0.2) is 0 Å². The SMILES string of the molecule is Cc1ccc(OCC(C)NCC(Cl)=CCl)cc1. The van der Waals surface area contributed by atoms with Gasteiger partial charge < -0.3 is 10.1 Å². The van der Waals surface area contributed by atoms with Crippen LogP contribution in [0.5, 0.6) is 5.75 Å². The molecule has 1 N–H and O–H groups in total. The molecule has 0 radical (unpaired) electrons. The fraction of sp³-hybridized carbons (Fsp3) is 0.385. The van der Waals surface area contributed by atoms with Gasteiger partial charge in [0.25, 0.3) is 0 Å². The van der Waals surface area contributed by atoms with E-state index in [9.17, 15) is 0 Å². The highest BCUT2D eigenvalue weighted by atomic mass is 35.5. The molecule has 1 aromatic carbocycles. The van der Waals surface area contributed by atoms with Crippen LogP contribution < -0.4 is 10.1 Å². The molecule has 0 saturated carbocycles. The van der Waals surface area contributed by atoms with Gasteiger partial charge in [0.05, 0.1) is 0 Å². The Morgan fingerprint density at radius 3 is 2.65 bits per heavy atom. The van der Waals surface area contributed by atoms with Crippen LogP contribution in [0.1, 0.15) is 12.5 Å². The lowest BCUT2D eigenvalue weighted by atomic mass is 10.2. The van der Waals surface area contributed by atoms with Crippen LogP contribution in [-0.4, -0.2) is 19.2 Å². The molecule has 4 heteroatoms. The van der Waals surface area contributed by atoms with Gasteiger partial charge in [0, 0.05) is 23.2 Å². The molecule has 0 aromatic heterocycles. The van der Waals surface area contributed by atoms with Crippen LogP contribution in [0.3, 0.4) is 0 Å². The first-order valence-corrected chi connectivity index (χ1v) is 6.31. The van der Waals surface area contributed by atoms with Gasteiger partial charge in [-0.15, -0.1) is 0 Å². The van der Waals surface area contributed by atoms with Crippen molar-refractivity contribution in [3.05, 3.63) is 40.4 Å². The summed E-state index contributed by atoms with van der Waals surface area (Å²) < 4.78 is 5.63. The summed E-state index contributed by atoms with van der Waals surface area (Å²) in [4.78, 5) is 0. The number of halogens is 2. The van der Waals surface area contributed by atoms with E-state index >= 15 is 0 Å². The average molecular weight is 274 g/mol. The average Bonchev–Trinajstić information content (AvgIpc) is 2.35. The van der Waals surface area contributed by atoms with Crippen LogP contribution in [0, 0.1) is 6.92 Å². The zero-order chi connectivity index (χ0) is 12.7. The molecule has 1 unspecified atom stereocenters. The van der Waals surface area contributed by atoms with E-state index in [-0.39, 0.29) is 6.04 Å². The third-order valence-electron chi connectivity index (χ3n) is 2.26. The molecule has 0 aliphatic rings. The number of hydrogen-bond acceptors (Lipinski definition) is 2. The van der Waals surface area contributed by atoms with Gasteiger partial charge in [0.1, 0.15) is 12.4 Å². The van der Waals surface area contributed by atoms with E-state index < -0.39 is 0 Å². The van der Waals surface area contributed by atoms with Crippen LogP contribution in [-0.2, 0) is 0 Å². The summed E-state index contributed by atoms with van der Waals surface area (Å²) in [5.74, 6) is 0.878. The van der Waals surface area contributed by atoms with E-state index in [0.717, 1.165) is 5.75 Å².